The number of aromatic nitrogens is 5. The van der Waals surface area contributed by atoms with E-state index in [1.54, 1.807) is 41.4 Å². The van der Waals surface area contributed by atoms with Crippen molar-refractivity contribution in [1.82, 2.24) is 23.9 Å². The van der Waals surface area contributed by atoms with Gasteiger partial charge in [0.05, 0.1) is 16.8 Å². The fourth-order valence-corrected chi connectivity index (χ4v) is 4.26. The van der Waals surface area contributed by atoms with Gasteiger partial charge in [-0.25, -0.2) is 4.79 Å². The van der Waals surface area contributed by atoms with Gasteiger partial charge in [0.25, 0.3) is 0 Å². The third kappa shape index (κ3) is 4.11. The molecule has 8 nitrogen and oxygen atoms in total. The van der Waals surface area contributed by atoms with Crippen LogP contribution in [-0.4, -0.2) is 35.6 Å². The number of hydrogen-bond donors (Lipinski definition) is 1. The summed E-state index contributed by atoms with van der Waals surface area (Å²) in [5.41, 5.74) is 4.23. The van der Waals surface area contributed by atoms with Gasteiger partial charge in [0.15, 0.2) is 11.0 Å². The molecule has 0 aliphatic heterocycles. The van der Waals surface area contributed by atoms with Crippen molar-refractivity contribution in [3.8, 4) is 11.4 Å². The van der Waals surface area contributed by atoms with E-state index in [9.17, 15) is 9.59 Å². The van der Waals surface area contributed by atoms with Crippen molar-refractivity contribution in [3.63, 3.8) is 0 Å². The van der Waals surface area contributed by atoms with Crippen molar-refractivity contribution < 1.29 is 4.79 Å². The average Bonchev–Trinajstić information content (AvgIpc) is 3.28. The van der Waals surface area contributed by atoms with Gasteiger partial charge in [0.2, 0.25) is 5.91 Å². The van der Waals surface area contributed by atoms with E-state index in [1.165, 1.54) is 17.3 Å². The summed E-state index contributed by atoms with van der Waals surface area (Å²) < 4.78 is 5.08. The van der Waals surface area contributed by atoms with Crippen molar-refractivity contribution in [1.29, 1.82) is 0 Å². The van der Waals surface area contributed by atoms with Crippen LogP contribution in [0.1, 0.15) is 5.56 Å². The van der Waals surface area contributed by atoms with E-state index in [2.05, 4.69) is 22.1 Å². The quantitative estimate of drug-likeness (QED) is 0.346. The van der Waals surface area contributed by atoms with Crippen LogP contribution in [-0.2, 0) is 25.4 Å². The van der Waals surface area contributed by atoms with Crippen molar-refractivity contribution >= 4 is 34.4 Å². The predicted octanol–water partition coefficient (Wildman–Crippen LogP) is 3.36. The van der Waals surface area contributed by atoms with Crippen molar-refractivity contribution in [2.24, 2.45) is 14.1 Å². The van der Waals surface area contributed by atoms with Crippen LogP contribution in [0.5, 0.6) is 0 Å². The van der Waals surface area contributed by atoms with Crippen molar-refractivity contribution in [2.75, 3.05) is 11.1 Å². The van der Waals surface area contributed by atoms with Crippen LogP contribution in [0.4, 0.5) is 5.69 Å². The number of nitrogens with one attached hydrogen (secondary N) is 1. The molecule has 9 heteroatoms. The lowest BCUT2D eigenvalue weighted by molar-refractivity contribution is -0.113. The van der Waals surface area contributed by atoms with Gasteiger partial charge in [-0.1, -0.05) is 47.7 Å². The molecule has 164 valence electrons. The number of carbonyl (C=O) groups is 1. The highest BCUT2D eigenvalue weighted by Crippen LogP contribution is 2.25. The Balaban J connectivity index is 1.49. The SMILES string of the molecule is C=CCn1c(SCC(=O)Nc2ccc3c(c2)n(C)c(=O)n3C)nnc1-c1ccc(C)cc1. The fourth-order valence-electron chi connectivity index (χ4n) is 3.52. The Morgan fingerprint density at radius 2 is 1.81 bits per heavy atom. The van der Waals surface area contributed by atoms with E-state index < -0.39 is 0 Å². The molecular weight excluding hydrogens is 424 g/mol. The van der Waals surface area contributed by atoms with Crippen LogP contribution in [0.15, 0.2) is 65.1 Å². The van der Waals surface area contributed by atoms with Crippen LogP contribution >= 0.6 is 11.8 Å². The van der Waals surface area contributed by atoms with Gasteiger partial charge < -0.3 is 5.32 Å². The second-order valence-electron chi connectivity index (χ2n) is 7.51. The van der Waals surface area contributed by atoms with Gasteiger partial charge in [-0.3, -0.25) is 18.5 Å². The number of thioether (sulfide) groups is 1. The molecule has 1 amide bonds. The first-order valence-corrected chi connectivity index (χ1v) is 11.1. The maximum atomic E-state index is 12.6. The Morgan fingerprint density at radius 3 is 2.53 bits per heavy atom. The monoisotopic (exact) mass is 448 g/mol. The topological polar surface area (TPSA) is 86.7 Å². The van der Waals surface area contributed by atoms with Crippen molar-refractivity contribution in [2.45, 2.75) is 18.6 Å². The lowest BCUT2D eigenvalue weighted by Crippen LogP contribution is -2.19. The molecule has 0 saturated carbocycles. The minimum atomic E-state index is -0.166. The number of fused-ring (bicyclic) bond motifs is 1. The molecule has 0 unspecified atom stereocenters. The number of rotatable bonds is 7. The molecule has 2 heterocycles. The zero-order valence-corrected chi connectivity index (χ0v) is 19.0. The second-order valence-corrected chi connectivity index (χ2v) is 8.45. The van der Waals surface area contributed by atoms with E-state index in [4.69, 9.17) is 0 Å². The summed E-state index contributed by atoms with van der Waals surface area (Å²) in [7, 11) is 3.44. The third-order valence-corrected chi connectivity index (χ3v) is 6.19. The Morgan fingerprint density at radius 1 is 1.09 bits per heavy atom. The molecule has 0 bridgehead atoms. The number of benzene rings is 2. The minimum Gasteiger partial charge on any atom is -0.325 e. The molecule has 4 aromatic rings. The van der Waals surface area contributed by atoms with E-state index in [-0.39, 0.29) is 17.3 Å². The second kappa shape index (κ2) is 8.88. The molecule has 2 aromatic carbocycles. The van der Waals surface area contributed by atoms with E-state index in [1.807, 2.05) is 41.8 Å². The number of anilines is 1. The molecule has 0 atom stereocenters. The number of allylic oxidation sites excluding steroid dienone is 1. The molecule has 0 aliphatic carbocycles. The van der Waals surface area contributed by atoms with Crippen molar-refractivity contribution in [3.05, 3.63) is 71.2 Å². The minimum absolute atomic E-state index is 0.107. The number of hydrogen-bond acceptors (Lipinski definition) is 5. The lowest BCUT2D eigenvalue weighted by Gasteiger charge is -2.09. The van der Waals surface area contributed by atoms with E-state index >= 15 is 0 Å². The zero-order chi connectivity index (χ0) is 22.8. The van der Waals surface area contributed by atoms with Crippen LogP contribution in [0.25, 0.3) is 22.4 Å². The molecule has 1 N–H and O–H groups in total. The van der Waals surface area contributed by atoms with Gasteiger partial charge >= 0.3 is 5.69 Å². The standard InChI is InChI=1S/C23H24N6O2S/c1-5-12-29-21(16-8-6-15(2)7-9-16)25-26-22(29)32-14-20(30)24-17-10-11-18-19(13-17)28(4)23(31)27(18)3/h5-11,13H,1,12,14H2,2-4H3,(H,24,30). The van der Waals surface area contributed by atoms with Crippen LogP contribution < -0.4 is 11.0 Å². The summed E-state index contributed by atoms with van der Waals surface area (Å²) >= 11 is 1.32. The number of imidazole rings is 1. The normalized spacial score (nSPS) is 11.1. The molecule has 0 saturated heterocycles. The van der Waals surface area contributed by atoms with Gasteiger partial charge in [-0.05, 0) is 25.1 Å². The maximum Gasteiger partial charge on any atom is 0.328 e. The van der Waals surface area contributed by atoms with Crippen LogP contribution in [0.3, 0.4) is 0 Å². The van der Waals surface area contributed by atoms with E-state index in [0.717, 1.165) is 22.4 Å². The molecule has 32 heavy (non-hydrogen) atoms. The molecule has 0 aliphatic rings. The Hall–Kier alpha value is -3.59. The Bertz CT molecular complexity index is 1360. The van der Waals surface area contributed by atoms with Crippen LogP contribution in [0.2, 0.25) is 0 Å². The predicted molar refractivity (Wildman–Crippen MR) is 128 cm³/mol. The average molecular weight is 449 g/mol. The highest BCUT2D eigenvalue weighted by molar-refractivity contribution is 7.99. The third-order valence-electron chi connectivity index (χ3n) is 5.23. The van der Waals surface area contributed by atoms with Gasteiger partial charge in [0, 0.05) is 31.9 Å². The zero-order valence-electron chi connectivity index (χ0n) is 18.2. The number of aryl methyl sites for hydroxylation is 3. The summed E-state index contributed by atoms with van der Waals surface area (Å²) in [6.07, 6.45) is 1.78. The Kier molecular flexibility index (Phi) is 6.00. The summed E-state index contributed by atoms with van der Waals surface area (Å²) in [6, 6.07) is 13.5. The largest absolute Gasteiger partial charge is 0.328 e. The molecule has 4 rings (SSSR count). The number of carbonyl (C=O) groups excluding carboxylic acids is 1. The highest BCUT2D eigenvalue weighted by atomic mass is 32.2. The fraction of sp³-hybridized carbons (Fsp3) is 0.217. The smallest absolute Gasteiger partial charge is 0.325 e. The Labute approximate surface area is 189 Å². The lowest BCUT2D eigenvalue weighted by atomic mass is 10.1. The molecular formula is C23H24N6O2S. The summed E-state index contributed by atoms with van der Waals surface area (Å²) in [4.78, 5) is 24.7. The van der Waals surface area contributed by atoms with E-state index in [0.29, 0.717) is 17.4 Å². The molecule has 0 spiro atoms. The maximum absolute atomic E-state index is 12.6. The summed E-state index contributed by atoms with van der Waals surface area (Å²) in [5, 5.41) is 12.2. The molecule has 0 fully saturated rings. The summed E-state index contributed by atoms with van der Waals surface area (Å²) in [5.74, 6) is 0.748. The first-order chi connectivity index (χ1) is 15.4. The molecule has 0 radical (unpaired) electrons. The van der Waals surface area contributed by atoms with Gasteiger partial charge in [0.1, 0.15) is 0 Å². The first-order valence-electron chi connectivity index (χ1n) is 10.1. The summed E-state index contributed by atoms with van der Waals surface area (Å²) in [6.45, 7) is 6.40. The van der Waals surface area contributed by atoms with Gasteiger partial charge in [-0.2, -0.15) is 0 Å². The first kappa shape index (κ1) is 21.6. The number of amides is 1. The molecule has 2 aromatic heterocycles. The number of nitrogens with zero attached hydrogens (tertiary/aromatic N) is 5. The highest BCUT2D eigenvalue weighted by Gasteiger charge is 2.15. The van der Waals surface area contributed by atoms with Gasteiger partial charge in [-0.15, -0.1) is 16.8 Å². The van der Waals surface area contributed by atoms with Crippen LogP contribution in [0, 0.1) is 6.92 Å².